The molecule has 0 radical (unpaired) electrons. The lowest BCUT2D eigenvalue weighted by molar-refractivity contribution is -0.134. The van der Waals surface area contributed by atoms with Crippen LogP contribution in [0.5, 0.6) is 0 Å². The molecule has 144 valence electrons. The zero-order valence-electron chi connectivity index (χ0n) is 16.0. The highest BCUT2D eigenvalue weighted by molar-refractivity contribution is 5.79. The monoisotopic (exact) mass is 369 g/mol. The van der Waals surface area contributed by atoms with Crippen molar-refractivity contribution in [2.24, 2.45) is 0 Å². The number of hydrogen-bond acceptors (Lipinski definition) is 3. The van der Waals surface area contributed by atoms with Gasteiger partial charge in [-0.1, -0.05) is 43.5 Å². The van der Waals surface area contributed by atoms with Crippen LogP contribution < -0.4 is 11.2 Å². The molecule has 0 aliphatic heterocycles. The van der Waals surface area contributed by atoms with Crippen molar-refractivity contribution in [2.45, 2.75) is 65.0 Å². The number of aromatic amines is 2. The Morgan fingerprint density at radius 3 is 2.44 bits per heavy atom. The summed E-state index contributed by atoms with van der Waals surface area (Å²) in [6.45, 7) is 4.26. The zero-order valence-corrected chi connectivity index (χ0v) is 16.0. The van der Waals surface area contributed by atoms with E-state index in [1.54, 1.807) is 6.92 Å². The van der Waals surface area contributed by atoms with Crippen molar-refractivity contribution in [3.8, 4) is 0 Å². The Balaban J connectivity index is 1.88. The predicted octanol–water partition coefficient (Wildman–Crippen LogP) is 2.58. The second-order valence-electron chi connectivity index (χ2n) is 7.43. The lowest BCUT2D eigenvalue weighted by Crippen LogP contribution is -2.43. The van der Waals surface area contributed by atoms with Gasteiger partial charge in [0.2, 0.25) is 5.91 Å². The highest BCUT2D eigenvalue weighted by Gasteiger charge is 2.27. The van der Waals surface area contributed by atoms with Crippen LogP contribution in [0.2, 0.25) is 0 Å². The van der Waals surface area contributed by atoms with Gasteiger partial charge in [0, 0.05) is 23.8 Å². The van der Waals surface area contributed by atoms with Gasteiger partial charge in [-0.3, -0.25) is 14.6 Å². The van der Waals surface area contributed by atoms with Crippen LogP contribution in [0.1, 0.15) is 54.5 Å². The number of nitrogens with zero attached hydrogens (tertiary/aromatic N) is 1. The van der Waals surface area contributed by atoms with E-state index < -0.39 is 11.2 Å². The van der Waals surface area contributed by atoms with E-state index in [0.29, 0.717) is 17.8 Å². The van der Waals surface area contributed by atoms with Crippen molar-refractivity contribution in [2.75, 3.05) is 0 Å². The summed E-state index contributed by atoms with van der Waals surface area (Å²) in [5, 5.41) is 0. The molecule has 1 fully saturated rings. The van der Waals surface area contributed by atoms with Crippen LogP contribution in [0.4, 0.5) is 0 Å². The van der Waals surface area contributed by atoms with E-state index in [1.807, 2.05) is 17.0 Å². The largest absolute Gasteiger partial charge is 0.335 e. The van der Waals surface area contributed by atoms with Crippen molar-refractivity contribution in [1.29, 1.82) is 0 Å². The molecular formula is C21H27N3O3. The average molecular weight is 369 g/mol. The Morgan fingerprint density at radius 1 is 1.07 bits per heavy atom. The summed E-state index contributed by atoms with van der Waals surface area (Å²) in [6, 6.07) is 8.29. The van der Waals surface area contributed by atoms with Gasteiger partial charge >= 0.3 is 5.69 Å². The molecule has 2 N–H and O–H groups in total. The van der Waals surface area contributed by atoms with Gasteiger partial charge < -0.3 is 9.88 Å². The molecule has 1 aromatic heterocycles. The normalized spacial score (nSPS) is 14.9. The molecule has 0 atom stereocenters. The summed E-state index contributed by atoms with van der Waals surface area (Å²) in [7, 11) is 0. The minimum Gasteiger partial charge on any atom is -0.335 e. The number of amides is 1. The second kappa shape index (κ2) is 8.37. The number of hydrogen-bond donors (Lipinski definition) is 2. The van der Waals surface area contributed by atoms with Crippen molar-refractivity contribution in [3.05, 3.63) is 67.5 Å². The first-order valence-corrected chi connectivity index (χ1v) is 9.61. The predicted molar refractivity (Wildman–Crippen MR) is 105 cm³/mol. The van der Waals surface area contributed by atoms with Crippen LogP contribution in [0.3, 0.4) is 0 Å². The number of H-pyrrole nitrogens is 2. The summed E-state index contributed by atoms with van der Waals surface area (Å²) >= 11 is 0. The van der Waals surface area contributed by atoms with Gasteiger partial charge in [-0.05, 0) is 37.8 Å². The minimum atomic E-state index is -0.544. The topological polar surface area (TPSA) is 86.0 Å². The lowest BCUT2D eigenvalue weighted by Gasteiger charge is -2.35. The standard InChI is InChI=1S/C21H27N3O3/c1-14-8-6-7-9-16(14)13-24(17-10-4-3-5-11-17)19(25)12-18-15(2)22-21(27)23-20(18)26/h6-9,17H,3-5,10-13H2,1-2H3,(H2,22,23,26,27). The third-order valence-electron chi connectivity index (χ3n) is 5.52. The third kappa shape index (κ3) is 4.56. The number of benzene rings is 1. The molecule has 27 heavy (non-hydrogen) atoms. The van der Waals surface area contributed by atoms with Gasteiger partial charge in [0.15, 0.2) is 0 Å². The van der Waals surface area contributed by atoms with Crippen LogP contribution in [-0.4, -0.2) is 26.8 Å². The molecule has 0 spiro atoms. The maximum absolute atomic E-state index is 13.2. The maximum Gasteiger partial charge on any atom is 0.325 e. The Kier molecular flexibility index (Phi) is 5.94. The number of carbonyl (C=O) groups excluding carboxylic acids is 1. The first kappa shape index (κ1) is 19.1. The summed E-state index contributed by atoms with van der Waals surface area (Å²) in [5.41, 5.74) is 2.05. The fourth-order valence-corrected chi connectivity index (χ4v) is 3.88. The van der Waals surface area contributed by atoms with E-state index in [9.17, 15) is 14.4 Å². The highest BCUT2D eigenvalue weighted by Crippen LogP contribution is 2.25. The van der Waals surface area contributed by atoms with E-state index in [4.69, 9.17) is 0 Å². The summed E-state index contributed by atoms with van der Waals surface area (Å²) in [4.78, 5) is 43.5. The van der Waals surface area contributed by atoms with Crippen molar-refractivity contribution in [3.63, 3.8) is 0 Å². The quantitative estimate of drug-likeness (QED) is 0.849. The van der Waals surface area contributed by atoms with Crippen molar-refractivity contribution in [1.82, 2.24) is 14.9 Å². The molecule has 2 aromatic rings. The Labute approximate surface area is 158 Å². The summed E-state index contributed by atoms with van der Waals surface area (Å²) in [5.74, 6) is -0.0641. The van der Waals surface area contributed by atoms with Gasteiger partial charge in [-0.25, -0.2) is 4.79 Å². The van der Waals surface area contributed by atoms with E-state index in [-0.39, 0.29) is 18.4 Å². The van der Waals surface area contributed by atoms with Crippen LogP contribution in [0, 0.1) is 13.8 Å². The number of carbonyl (C=O) groups is 1. The van der Waals surface area contributed by atoms with Crippen molar-refractivity contribution < 1.29 is 4.79 Å². The molecular weight excluding hydrogens is 342 g/mol. The molecule has 1 amide bonds. The average Bonchev–Trinajstić information content (AvgIpc) is 2.64. The van der Waals surface area contributed by atoms with Crippen LogP contribution in [0.25, 0.3) is 0 Å². The molecule has 1 saturated carbocycles. The Bertz CT molecular complexity index is 923. The molecule has 0 bridgehead atoms. The van der Waals surface area contributed by atoms with E-state index in [2.05, 4.69) is 29.0 Å². The van der Waals surface area contributed by atoms with Crippen LogP contribution in [-0.2, 0) is 17.8 Å². The smallest absolute Gasteiger partial charge is 0.325 e. The van der Waals surface area contributed by atoms with Gasteiger partial charge in [0.05, 0.1) is 6.42 Å². The summed E-state index contributed by atoms with van der Waals surface area (Å²) in [6.07, 6.45) is 5.46. The second-order valence-corrected chi connectivity index (χ2v) is 7.43. The fraction of sp³-hybridized carbons (Fsp3) is 0.476. The molecule has 3 rings (SSSR count). The third-order valence-corrected chi connectivity index (χ3v) is 5.52. The van der Waals surface area contributed by atoms with Gasteiger partial charge in [0.1, 0.15) is 0 Å². The number of nitrogens with one attached hydrogen (secondary N) is 2. The van der Waals surface area contributed by atoms with Gasteiger partial charge in [-0.2, -0.15) is 0 Å². The minimum absolute atomic E-state index is 0.000325. The molecule has 6 heteroatoms. The lowest BCUT2D eigenvalue weighted by atomic mass is 9.93. The van der Waals surface area contributed by atoms with E-state index in [0.717, 1.165) is 36.8 Å². The molecule has 1 aliphatic carbocycles. The van der Waals surface area contributed by atoms with Crippen LogP contribution in [0.15, 0.2) is 33.9 Å². The molecule has 1 aliphatic rings. The fourth-order valence-electron chi connectivity index (χ4n) is 3.88. The Morgan fingerprint density at radius 2 is 1.78 bits per heavy atom. The van der Waals surface area contributed by atoms with E-state index in [1.165, 1.54) is 6.42 Å². The van der Waals surface area contributed by atoms with Crippen LogP contribution >= 0.6 is 0 Å². The maximum atomic E-state index is 13.2. The molecule has 6 nitrogen and oxygen atoms in total. The molecule has 0 saturated heterocycles. The van der Waals surface area contributed by atoms with Crippen molar-refractivity contribution >= 4 is 5.91 Å². The molecule has 0 unspecified atom stereocenters. The first-order chi connectivity index (χ1) is 13.0. The Hall–Kier alpha value is -2.63. The number of rotatable bonds is 5. The first-order valence-electron chi connectivity index (χ1n) is 9.61. The molecule has 1 heterocycles. The van der Waals surface area contributed by atoms with Gasteiger partial charge in [-0.15, -0.1) is 0 Å². The zero-order chi connectivity index (χ0) is 19.4. The highest BCUT2D eigenvalue weighted by atomic mass is 16.2. The SMILES string of the molecule is Cc1ccccc1CN(C(=O)Cc1c(C)[nH]c(=O)[nH]c1=O)C1CCCCC1. The molecule has 1 aromatic carbocycles. The van der Waals surface area contributed by atoms with E-state index >= 15 is 0 Å². The summed E-state index contributed by atoms with van der Waals surface area (Å²) < 4.78 is 0. The number of aryl methyl sites for hydroxylation is 2. The van der Waals surface area contributed by atoms with Gasteiger partial charge in [0.25, 0.3) is 5.56 Å². The number of aromatic nitrogens is 2.